The van der Waals surface area contributed by atoms with Gasteiger partial charge in [0.25, 0.3) is 0 Å². The van der Waals surface area contributed by atoms with E-state index < -0.39 is 38.9 Å². The maximum atomic E-state index is 14.1. The first-order chi connectivity index (χ1) is 13.4. The fourth-order valence-corrected chi connectivity index (χ4v) is 3.98. The molecule has 1 unspecified atom stereocenters. The molecule has 2 aliphatic rings. The predicted octanol–water partition coefficient (Wildman–Crippen LogP) is 6.55. The summed E-state index contributed by atoms with van der Waals surface area (Å²) in [7, 11) is -3.45. The highest BCUT2D eigenvalue weighted by atomic mass is 28.4. The Morgan fingerprint density at radius 2 is 1.50 bits per heavy atom. The monoisotopic (exact) mass is 442 g/mol. The summed E-state index contributed by atoms with van der Waals surface area (Å²) in [5, 5.41) is -0.354. The third kappa shape index (κ3) is 5.39. The molecule has 1 aliphatic heterocycles. The Kier molecular flexibility index (Phi) is 6.81. The molecule has 1 atom stereocenters. The highest BCUT2D eigenvalue weighted by Crippen LogP contribution is 2.43. The molecule has 1 aliphatic carbocycles. The van der Waals surface area contributed by atoms with Crippen molar-refractivity contribution >= 4 is 15.4 Å². The van der Waals surface area contributed by atoms with Crippen LogP contribution >= 0.6 is 0 Å². The maximum absolute atomic E-state index is 14.1. The lowest BCUT2D eigenvalue weighted by Crippen LogP contribution is -2.48. The Hall–Kier alpha value is -1.09. The summed E-state index contributed by atoms with van der Waals surface area (Å²) in [6.45, 7) is 17.1. The largest absolute Gasteiger partial charge is 0.494 e. The van der Waals surface area contributed by atoms with Crippen LogP contribution in [0.15, 0.2) is 47.5 Å². The SMILES string of the molecule is CC1(C)OB(C2=C/C(C(O[Si](C)(C)C(C)(C)C)C(F)(F)F)=C\C=C\C=C\2)OC1(C)C. The van der Waals surface area contributed by atoms with Crippen molar-refractivity contribution in [1.82, 2.24) is 0 Å². The Bertz CT molecular complexity index is 755. The molecule has 0 aromatic carbocycles. The third-order valence-electron chi connectivity index (χ3n) is 6.48. The van der Waals surface area contributed by atoms with Crippen molar-refractivity contribution in [2.24, 2.45) is 0 Å². The highest BCUT2D eigenvalue weighted by Gasteiger charge is 2.53. The van der Waals surface area contributed by atoms with Crippen molar-refractivity contribution in [3.8, 4) is 0 Å². The number of halogens is 3. The van der Waals surface area contributed by atoms with Gasteiger partial charge in [-0.25, -0.2) is 0 Å². The van der Waals surface area contributed by atoms with Crippen molar-refractivity contribution in [2.75, 3.05) is 0 Å². The Morgan fingerprint density at radius 3 is 1.97 bits per heavy atom. The molecule has 0 aromatic rings. The lowest BCUT2D eigenvalue weighted by Gasteiger charge is -2.40. The first kappa shape index (κ1) is 25.2. The van der Waals surface area contributed by atoms with Crippen LogP contribution in [0.4, 0.5) is 13.2 Å². The van der Waals surface area contributed by atoms with Crippen LogP contribution < -0.4 is 0 Å². The zero-order valence-electron chi connectivity index (χ0n) is 19.5. The van der Waals surface area contributed by atoms with Gasteiger partial charge in [-0.1, -0.05) is 57.2 Å². The van der Waals surface area contributed by atoms with Gasteiger partial charge in [-0.15, -0.1) is 0 Å². The minimum absolute atomic E-state index is 0.0395. The van der Waals surface area contributed by atoms with E-state index in [0.29, 0.717) is 5.47 Å². The Labute approximate surface area is 180 Å². The van der Waals surface area contributed by atoms with E-state index in [1.165, 1.54) is 12.2 Å². The summed E-state index contributed by atoms with van der Waals surface area (Å²) in [5.41, 5.74) is -0.611. The lowest BCUT2D eigenvalue weighted by atomic mass is 9.76. The van der Waals surface area contributed by atoms with Gasteiger partial charge in [0.15, 0.2) is 14.4 Å². The maximum Gasteiger partial charge on any atom is 0.494 e. The first-order valence-electron chi connectivity index (χ1n) is 10.2. The summed E-state index contributed by atoms with van der Waals surface area (Å²) in [4.78, 5) is 0. The van der Waals surface area contributed by atoms with Crippen LogP contribution in [0.25, 0.3) is 0 Å². The van der Waals surface area contributed by atoms with Gasteiger partial charge in [0.2, 0.25) is 0 Å². The highest BCUT2D eigenvalue weighted by molar-refractivity contribution is 6.74. The molecule has 1 fully saturated rings. The zero-order valence-corrected chi connectivity index (χ0v) is 20.5. The standard InChI is InChI=1S/C22H34BF3O3Si/c1-19(2,3)30(8,9)27-18(22(24,25)26)16-13-11-10-12-14-17(15-16)23-28-20(4,5)21(6,7)29-23/h10-15,18H,1-9H3/b11-10+,12-10?,13-11?,14-12+,16-13+,16-15?,17-14?,17-15+. The molecule has 0 bridgehead atoms. The van der Waals surface area contributed by atoms with Crippen LogP contribution in [0.5, 0.6) is 0 Å². The van der Waals surface area contributed by atoms with Gasteiger partial charge in [-0.05, 0) is 56.9 Å². The van der Waals surface area contributed by atoms with Crippen LogP contribution in [-0.4, -0.2) is 38.9 Å². The molecule has 3 nitrogen and oxygen atoms in total. The van der Waals surface area contributed by atoms with E-state index in [-0.39, 0.29) is 10.6 Å². The zero-order chi connectivity index (χ0) is 23.2. The summed E-state index contributed by atoms with van der Waals surface area (Å²) >= 11 is 0. The summed E-state index contributed by atoms with van der Waals surface area (Å²) in [6.07, 6.45) is 3.16. The molecular formula is C22H34BF3O3Si. The van der Waals surface area contributed by atoms with Crippen molar-refractivity contribution in [3.63, 3.8) is 0 Å². The number of rotatable bonds is 4. The molecule has 30 heavy (non-hydrogen) atoms. The number of allylic oxidation sites excluding steroid dienone is 6. The lowest BCUT2D eigenvalue weighted by molar-refractivity contribution is -0.185. The van der Waals surface area contributed by atoms with E-state index in [1.807, 2.05) is 61.6 Å². The van der Waals surface area contributed by atoms with E-state index >= 15 is 0 Å². The number of hydrogen-bond donors (Lipinski definition) is 0. The summed E-state index contributed by atoms with van der Waals surface area (Å²) in [6, 6.07) is 0. The van der Waals surface area contributed by atoms with Gasteiger partial charge in [-0.2, -0.15) is 13.2 Å². The van der Waals surface area contributed by atoms with Crippen LogP contribution in [0.3, 0.4) is 0 Å². The van der Waals surface area contributed by atoms with E-state index in [9.17, 15) is 13.2 Å². The molecule has 0 spiro atoms. The van der Waals surface area contributed by atoms with Gasteiger partial charge in [-0.3, -0.25) is 0 Å². The second-order valence-electron chi connectivity index (χ2n) is 10.4. The second kappa shape index (κ2) is 8.11. The predicted molar refractivity (Wildman–Crippen MR) is 119 cm³/mol. The molecule has 0 aromatic heterocycles. The van der Waals surface area contributed by atoms with Gasteiger partial charge in [0.1, 0.15) is 0 Å². The molecular weight excluding hydrogens is 408 g/mol. The second-order valence-corrected chi connectivity index (χ2v) is 15.2. The van der Waals surface area contributed by atoms with Crippen LogP contribution in [0, 0.1) is 0 Å². The van der Waals surface area contributed by atoms with Crippen LogP contribution in [0.2, 0.25) is 18.1 Å². The molecule has 2 rings (SSSR count). The fourth-order valence-electron chi connectivity index (χ4n) is 2.77. The van der Waals surface area contributed by atoms with Gasteiger partial charge < -0.3 is 13.7 Å². The third-order valence-corrected chi connectivity index (χ3v) is 10.9. The van der Waals surface area contributed by atoms with Crippen molar-refractivity contribution in [3.05, 3.63) is 47.5 Å². The topological polar surface area (TPSA) is 27.7 Å². The molecule has 1 saturated heterocycles. The molecule has 0 amide bonds. The molecule has 0 radical (unpaired) electrons. The first-order valence-corrected chi connectivity index (χ1v) is 13.1. The van der Waals surface area contributed by atoms with Crippen LogP contribution in [0.1, 0.15) is 48.5 Å². The average molecular weight is 442 g/mol. The minimum Gasteiger partial charge on any atom is -0.402 e. The summed E-state index contributed by atoms with van der Waals surface area (Å²) in [5.74, 6) is 0. The average Bonchev–Trinajstić information content (AvgIpc) is 2.71. The minimum atomic E-state index is -4.55. The van der Waals surface area contributed by atoms with Gasteiger partial charge in [0.05, 0.1) is 11.2 Å². The molecule has 168 valence electrons. The Balaban J connectivity index is 2.46. The molecule has 0 saturated carbocycles. The van der Waals surface area contributed by atoms with Crippen molar-refractivity contribution in [1.29, 1.82) is 0 Å². The van der Waals surface area contributed by atoms with Gasteiger partial charge in [0, 0.05) is 0 Å². The van der Waals surface area contributed by atoms with Crippen molar-refractivity contribution in [2.45, 2.75) is 90.1 Å². The summed E-state index contributed by atoms with van der Waals surface area (Å²) < 4.78 is 60.4. The normalized spacial score (nSPS) is 28.6. The quantitative estimate of drug-likeness (QED) is 0.462. The van der Waals surface area contributed by atoms with Crippen molar-refractivity contribution < 1.29 is 26.9 Å². The van der Waals surface area contributed by atoms with E-state index in [4.69, 9.17) is 13.7 Å². The smallest absolute Gasteiger partial charge is 0.402 e. The fraction of sp³-hybridized carbons (Fsp3) is 0.636. The van der Waals surface area contributed by atoms with Gasteiger partial charge >= 0.3 is 13.3 Å². The molecule has 8 heteroatoms. The Morgan fingerprint density at radius 1 is 0.967 bits per heavy atom. The number of alkyl halides is 3. The van der Waals surface area contributed by atoms with E-state index in [1.54, 1.807) is 24.3 Å². The molecule has 1 heterocycles. The molecule has 0 N–H and O–H groups in total. The number of hydrogen-bond acceptors (Lipinski definition) is 3. The van der Waals surface area contributed by atoms with Crippen LogP contribution in [-0.2, 0) is 13.7 Å². The van der Waals surface area contributed by atoms with E-state index in [2.05, 4.69) is 0 Å². The van der Waals surface area contributed by atoms with E-state index in [0.717, 1.165) is 0 Å².